The van der Waals surface area contributed by atoms with Gasteiger partial charge in [0.15, 0.2) is 15.1 Å². The van der Waals surface area contributed by atoms with Gasteiger partial charge in [-0.05, 0) is 45.9 Å². The second kappa shape index (κ2) is 7.86. The van der Waals surface area contributed by atoms with Crippen molar-refractivity contribution in [1.29, 1.82) is 0 Å². The van der Waals surface area contributed by atoms with Crippen LogP contribution in [-0.4, -0.2) is 24.9 Å². The predicted molar refractivity (Wildman–Crippen MR) is 100.0 cm³/mol. The van der Waals surface area contributed by atoms with E-state index in [0.717, 1.165) is 5.56 Å². The minimum atomic E-state index is -4.64. The Morgan fingerprint density at radius 3 is 2.17 bits per heavy atom. The molecule has 2 aromatic carbocycles. The Morgan fingerprint density at radius 2 is 1.69 bits per heavy atom. The van der Waals surface area contributed by atoms with Crippen molar-refractivity contribution < 1.29 is 31.7 Å². The second-order valence-electron chi connectivity index (χ2n) is 7.35. The van der Waals surface area contributed by atoms with Gasteiger partial charge in [0.1, 0.15) is 11.4 Å². The normalized spacial score (nSPS) is 13.0. The van der Waals surface area contributed by atoms with Crippen LogP contribution >= 0.6 is 0 Å². The summed E-state index contributed by atoms with van der Waals surface area (Å²) in [6.45, 7) is 6.08. The highest BCUT2D eigenvalue weighted by molar-refractivity contribution is 7.92. The van der Waals surface area contributed by atoms with E-state index in [4.69, 9.17) is 4.74 Å². The van der Waals surface area contributed by atoms with Crippen LogP contribution in [0.25, 0.3) is 0 Å². The zero-order valence-electron chi connectivity index (χ0n) is 16.1. The number of rotatable bonds is 5. The van der Waals surface area contributed by atoms with Crippen LogP contribution in [0.2, 0.25) is 0 Å². The van der Waals surface area contributed by atoms with Crippen molar-refractivity contribution in [1.82, 2.24) is 0 Å². The maximum absolute atomic E-state index is 14.1. The molecule has 0 aliphatic rings. The van der Waals surface area contributed by atoms with Gasteiger partial charge < -0.3 is 4.74 Å². The lowest BCUT2D eigenvalue weighted by atomic mass is 10.1. The molecule has 0 amide bonds. The summed E-state index contributed by atoms with van der Waals surface area (Å²) >= 11 is 0. The van der Waals surface area contributed by atoms with E-state index in [1.165, 1.54) is 45.0 Å². The number of carbonyl (C=O) groups excluding carboxylic acids is 1. The van der Waals surface area contributed by atoms with E-state index in [9.17, 15) is 32.1 Å². The molecule has 0 saturated carbocycles. The van der Waals surface area contributed by atoms with Crippen LogP contribution in [0.1, 0.15) is 37.1 Å². The molecule has 0 fully saturated rings. The first kappa shape index (κ1) is 22.4. The molecule has 0 heterocycles. The summed E-state index contributed by atoms with van der Waals surface area (Å²) in [5, 5.41) is 9.03. The molecule has 0 aromatic heterocycles. The van der Waals surface area contributed by atoms with Crippen molar-refractivity contribution in [2.45, 2.75) is 43.4 Å². The maximum Gasteiger partial charge on any atom is 0.330 e. The first-order valence-electron chi connectivity index (χ1n) is 8.41. The fourth-order valence-electron chi connectivity index (χ4n) is 2.62. The van der Waals surface area contributed by atoms with Gasteiger partial charge in [-0.1, -0.05) is 17.7 Å². The number of halogens is 2. The molecule has 0 aliphatic heterocycles. The van der Waals surface area contributed by atoms with E-state index in [2.05, 4.69) is 0 Å². The molecule has 1 unspecified atom stereocenters. The van der Waals surface area contributed by atoms with Crippen molar-refractivity contribution in [2.75, 3.05) is 0 Å². The highest BCUT2D eigenvalue weighted by Gasteiger charge is 2.44. The highest BCUT2D eigenvalue weighted by atomic mass is 32.2. The lowest BCUT2D eigenvalue weighted by molar-refractivity contribution is -0.388. The Kier molecular flexibility index (Phi) is 6.07. The van der Waals surface area contributed by atoms with E-state index in [-0.39, 0.29) is 11.0 Å². The molecule has 0 saturated heterocycles. The van der Waals surface area contributed by atoms with E-state index in [1.807, 2.05) is 0 Å². The van der Waals surface area contributed by atoms with Crippen molar-refractivity contribution in [3.63, 3.8) is 0 Å². The molecule has 0 aliphatic carbocycles. The summed E-state index contributed by atoms with van der Waals surface area (Å²) in [6.07, 6.45) is 0. The van der Waals surface area contributed by atoms with Crippen LogP contribution in [0, 0.1) is 28.7 Å². The van der Waals surface area contributed by atoms with Crippen molar-refractivity contribution in [3.8, 4) is 0 Å². The molecule has 2 rings (SSSR count). The van der Waals surface area contributed by atoms with Gasteiger partial charge in [-0.3, -0.25) is 14.9 Å². The van der Waals surface area contributed by atoms with Gasteiger partial charge in [-0.2, -0.15) is 4.39 Å². The number of benzene rings is 2. The minimum absolute atomic E-state index is 0.242. The zero-order valence-corrected chi connectivity index (χ0v) is 16.9. The number of nitrogens with zero attached hydrogens (tertiary/aromatic N) is 1. The summed E-state index contributed by atoms with van der Waals surface area (Å²) in [7, 11) is -4.64. The van der Waals surface area contributed by atoms with Gasteiger partial charge in [0.05, 0.1) is 15.4 Å². The van der Waals surface area contributed by atoms with Crippen LogP contribution in [0.15, 0.2) is 41.3 Å². The maximum atomic E-state index is 14.1. The lowest BCUT2D eigenvalue weighted by Crippen LogP contribution is -2.32. The number of hydrogen-bond donors (Lipinski definition) is 0. The third-order valence-electron chi connectivity index (χ3n) is 3.80. The number of nitro benzene ring substituents is 1. The number of esters is 1. The molecular formula is C19H19F2NO6S. The molecule has 0 N–H and O–H groups in total. The van der Waals surface area contributed by atoms with E-state index >= 15 is 0 Å². The Hall–Kier alpha value is -2.88. The molecular weight excluding hydrogens is 408 g/mol. The van der Waals surface area contributed by atoms with Crippen molar-refractivity contribution >= 4 is 21.5 Å². The quantitative estimate of drug-likeness (QED) is 0.405. The molecule has 29 heavy (non-hydrogen) atoms. The third kappa shape index (κ3) is 4.94. The highest BCUT2D eigenvalue weighted by Crippen LogP contribution is 2.38. The lowest BCUT2D eigenvalue weighted by Gasteiger charge is -2.24. The standard InChI is InChI=1S/C19H19F2NO6S/c1-11-5-7-13(8-6-11)29(26,27)17(18(23)28-19(2,3)4)14-9-12(20)10-15(21)16(14)22(24)25/h5-10,17H,1-4H3. The van der Waals surface area contributed by atoms with E-state index in [1.54, 1.807) is 6.92 Å². The van der Waals surface area contributed by atoms with Gasteiger partial charge in [-0.15, -0.1) is 0 Å². The SMILES string of the molecule is Cc1ccc(S(=O)(=O)C(C(=O)OC(C)(C)C)c2cc(F)cc(F)c2[N+](=O)[O-])cc1. The molecule has 1 atom stereocenters. The Morgan fingerprint density at radius 1 is 1.14 bits per heavy atom. The number of sulfone groups is 1. The third-order valence-corrected chi connectivity index (χ3v) is 5.80. The summed E-state index contributed by atoms with van der Waals surface area (Å²) in [4.78, 5) is 22.6. The number of nitro groups is 1. The summed E-state index contributed by atoms with van der Waals surface area (Å²) < 4.78 is 59.5. The van der Waals surface area contributed by atoms with Gasteiger partial charge in [0.2, 0.25) is 5.82 Å². The van der Waals surface area contributed by atoms with Gasteiger partial charge >= 0.3 is 11.7 Å². The zero-order chi connectivity index (χ0) is 22.1. The number of ether oxygens (including phenoxy) is 1. The Balaban J connectivity index is 2.81. The average molecular weight is 427 g/mol. The topological polar surface area (TPSA) is 104 Å². The van der Waals surface area contributed by atoms with Crippen molar-refractivity contribution in [3.05, 3.63) is 69.3 Å². The molecule has 10 heteroatoms. The number of carbonyl (C=O) groups is 1. The minimum Gasteiger partial charge on any atom is -0.459 e. The summed E-state index contributed by atoms with van der Waals surface area (Å²) in [5.74, 6) is -4.25. The Bertz CT molecular complexity index is 1060. The summed E-state index contributed by atoms with van der Waals surface area (Å²) in [5.41, 5.74) is -2.68. The average Bonchev–Trinajstić information content (AvgIpc) is 2.52. The smallest absolute Gasteiger partial charge is 0.330 e. The van der Waals surface area contributed by atoms with Crippen molar-refractivity contribution in [2.24, 2.45) is 0 Å². The van der Waals surface area contributed by atoms with Crippen LogP contribution in [-0.2, 0) is 19.4 Å². The molecule has 0 spiro atoms. The van der Waals surface area contributed by atoms with Crippen LogP contribution in [0.3, 0.4) is 0 Å². The van der Waals surface area contributed by atoms with E-state index in [0.29, 0.717) is 6.07 Å². The summed E-state index contributed by atoms with van der Waals surface area (Å²) in [6, 6.07) is 6.01. The first-order valence-corrected chi connectivity index (χ1v) is 9.95. The number of hydrogen-bond acceptors (Lipinski definition) is 6. The van der Waals surface area contributed by atoms with Crippen LogP contribution in [0.5, 0.6) is 0 Å². The second-order valence-corrected chi connectivity index (χ2v) is 9.39. The fourth-order valence-corrected chi connectivity index (χ4v) is 4.22. The van der Waals surface area contributed by atoms with Gasteiger partial charge in [-0.25, -0.2) is 12.8 Å². The fraction of sp³-hybridized carbons (Fsp3) is 0.316. The largest absolute Gasteiger partial charge is 0.459 e. The molecule has 2 aromatic rings. The molecule has 0 radical (unpaired) electrons. The van der Waals surface area contributed by atoms with Gasteiger partial charge in [0, 0.05) is 6.07 Å². The Labute approximate surface area is 166 Å². The van der Waals surface area contributed by atoms with Crippen LogP contribution < -0.4 is 0 Å². The van der Waals surface area contributed by atoms with E-state index < -0.39 is 54.5 Å². The molecule has 0 bridgehead atoms. The van der Waals surface area contributed by atoms with Gasteiger partial charge in [0.25, 0.3) is 0 Å². The van der Waals surface area contributed by atoms with Crippen LogP contribution in [0.4, 0.5) is 14.5 Å². The monoisotopic (exact) mass is 427 g/mol. The molecule has 7 nitrogen and oxygen atoms in total. The first-order chi connectivity index (χ1) is 13.2. The molecule has 156 valence electrons. The predicted octanol–water partition coefficient (Wildman–Crippen LogP) is 4.04. The number of aryl methyl sites for hydroxylation is 1.